The monoisotopic (exact) mass is 209 g/mol. The van der Waals surface area contributed by atoms with Crippen LogP contribution in [0.5, 0.6) is 0 Å². The molecule has 0 radical (unpaired) electrons. The van der Waals surface area contributed by atoms with Crippen molar-refractivity contribution in [3.63, 3.8) is 0 Å². The number of benzene rings is 1. The highest BCUT2D eigenvalue weighted by Gasteiger charge is 2.19. The second-order valence-electron chi connectivity index (χ2n) is 1.98. The SMILES string of the molecule is O=[N+]([O-])c1c(F)cc(Cl)cc1Cl. The molecule has 1 aromatic carbocycles. The Hall–Kier alpha value is -0.870. The van der Waals surface area contributed by atoms with Crippen molar-refractivity contribution in [1.82, 2.24) is 0 Å². The van der Waals surface area contributed by atoms with Crippen LogP contribution in [-0.2, 0) is 0 Å². The van der Waals surface area contributed by atoms with Crippen LogP contribution in [0.3, 0.4) is 0 Å². The molecule has 0 amide bonds. The second-order valence-corrected chi connectivity index (χ2v) is 2.82. The fourth-order valence-corrected chi connectivity index (χ4v) is 1.25. The molecule has 0 aromatic heterocycles. The van der Waals surface area contributed by atoms with Crippen LogP contribution in [0.1, 0.15) is 0 Å². The van der Waals surface area contributed by atoms with Crippen LogP contribution in [0.25, 0.3) is 0 Å². The Morgan fingerprint density at radius 1 is 1.42 bits per heavy atom. The predicted octanol–water partition coefficient (Wildman–Crippen LogP) is 3.04. The summed E-state index contributed by atoms with van der Waals surface area (Å²) in [6.07, 6.45) is 0. The molecule has 64 valence electrons. The smallest absolute Gasteiger partial charge is 0.258 e. The first-order chi connectivity index (χ1) is 5.52. The van der Waals surface area contributed by atoms with E-state index in [0.29, 0.717) is 0 Å². The van der Waals surface area contributed by atoms with E-state index in [4.69, 9.17) is 23.2 Å². The highest BCUT2D eigenvalue weighted by atomic mass is 35.5. The lowest BCUT2D eigenvalue weighted by Crippen LogP contribution is -1.93. The van der Waals surface area contributed by atoms with E-state index < -0.39 is 16.4 Å². The van der Waals surface area contributed by atoms with E-state index in [0.717, 1.165) is 12.1 Å². The zero-order valence-electron chi connectivity index (χ0n) is 5.55. The molecule has 0 aliphatic heterocycles. The Morgan fingerprint density at radius 2 is 2.00 bits per heavy atom. The third-order valence-electron chi connectivity index (χ3n) is 1.16. The summed E-state index contributed by atoms with van der Waals surface area (Å²) in [5.74, 6) is -1.03. The van der Waals surface area contributed by atoms with E-state index in [-0.39, 0.29) is 10.0 Å². The molecule has 0 atom stereocenters. The van der Waals surface area contributed by atoms with E-state index in [2.05, 4.69) is 0 Å². The molecule has 6 heteroatoms. The lowest BCUT2D eigenvalue weighted by atomic mass is 10.3. The van der Waals surface area contributed by atoms with Crippen molar-refractivity contribution in [3.05, 3.63) is 38.1 Å². The summed E-state index contributed by atoms with van der Waals surface area (Å²) in [6, 6.07) is 1.95. The molecule has 0 aliphatic rings. The Balaban J connectivity index is 3.38. The van der Waals surface area contributed by atoms with Gasteiger partial charge in [0.05, 0.1) is 4.92 Å². The van der Waals surface area contributed by atoms with Gasteiger partial charge in [0, 0.05) is 5.02 Å². The van der Waals surface area contributed by atoms with Crippen molar-refractivity contribution in [3.8, 4) is 0 Å². The standard InChI is InChI=1S/C6H2Cl2FNO2/c7-3-1-4(8)6(10(11)12)5(9)2-3/h1-2H. The maximum atomic E-state index is 12.8. The molecule has 0 bridgehead atoms. The molecule has 12 heavy (non-hydrogen) atoms. The molecule has 0 N–H and O–H groups in total. The van der Waals surface area contributed by atoms with E-state index in [1.165, 1.54) is 0 Å². The Bertz CT molecular complexity index is 319. The van der Waals surface area contributed by atoms with Gasteiger partial charge in [-0.05, 0) is 12.1 Å². The molecule has 1 rings (SSSR count). The molecule has 0 spiro atoms. The molecule has 1 aromatic rings. The van der Waals surface area contributed by atoms with E-state index in [1.807, 2.05) is 0 Å². The van der Waals surface area contributed by atoms with Crippen molar-refractivity contribution in [2.45, 2.75) is 0 Å². The summed E-state index contributed by atoms with van der Waals surface area (Å²) in [5, 5.41) is 9.92. The zero-order chi connectivity index (χ0) is 9.30. The van der Waals surface area contributed by atoms with Crippen LogP contribution >= 0.6 is 23.2 Å². The minimum absolute atomic E-state index is 0.0306. The van der Waals surface area contributed by atoms with Gasteiger partial charge in [-0.1, -0.05) is 23.2 Å². The first-order valence-corrected chi connectivity index (χ1v) is 3.57. The maximum absolute atomic E-state index is 12.8. The number of halogens is 3. The van der Waals surface area contributed by atoms with E-state index in [9.17, 15) is 14.5 Å². The quantitative estimate of drug-likeness (QED) is 0.528. The van der Waals surface area contributed by atoms with Gasteiger partial charge in [-0.25, -0.2) is 0 Å². The topological polar surface area (TPSA) is 43.1 Å². The third kappa shape index (κ3) is 1.65. The van der Waals surface area contributed by atoms with Gasteiger partial charge in [0.1, 0.15) is 5.02 Å². The van der Waals surface area contributed by atoms with Crippen molar-refractivity contribution >= 4 is 28.9 Å². The minimum Gasteiger partial charge on any atom is -0.258 e. The summed E-state index contributed by atoms with van der Waals surface area (Å²) in [4.78, 5) is 9.30. The van der Waals surface area contributed by atoms with Gasteiger partial charge in [0.15, 0.2) is 0 Å². The lowest BCUT2D eigenvalue weighted by molar-refractivity contribution is -0.387. The summed E-state index contributed by atoms with van der Waals surface area (Å²) in [5.41, 5.74) is -0.749. The predicted molar refractivity (Wildman–Crippen MR) is 43.1 cm³/mol. The summed E-state index contributed by atoms with van der Waals surface area (Å²) in [6.45, 7) is 0. The van der Waals surface area contributed by atoms with Gasteiger partial charge in [-0.3, -0.25) is 10.1 Å². The summed E-state index contributed by atoms with van der Waals surface area (Å²) in [7, 11) is 0. The number of nitro benzene ring substituents is 1. The number of rotatable bonds is 1. The van der Waals surface area contributed by atoms with Crippen LogP contribution in [0, 0.1) is 15.9 Å². The average molecular weight is 210 g/mol. The fraction of sp³-hybridized carbons (Fsp3) is 0. The molecular formula is C6H2Cl2FNO2. The number of hydrogen-bond donors (Lipinski definition) is 0. The van der Waals surface area contributed by atoms with Gasteiger partial charge < -0.3 is 0 Å². The summed E-state index contributed by atoms with van der Waals surface area (Å²) < 4.78 is 12.8. The Morgan fingerprint density at radius 3 is 2.42 bits per heavy atom. The van der Waals surface area contributed by atoms with Crippen LogP contribution < -0.4 is 0 Å². The van der Waals surface area contributed by atoms with E-state index >= 15 is 0 Å². The molecule has 0 aliphatic carbocycles. The molecule has 3 nitrogen and oxygen atoms in total. The molecule has 0 fully saturated rings. The molecule has 0 saturated heterocycles. The van der Waals surface area contributed by atoms with Gasteiger partial charge in [0.25, 0.3) is 0 Å². The maximum Gasteiger partial charge on any atom is 0.323 e. The largest absolute Gasteiger partial charge is 0.323 e. The summed E-state index contributed by atoms with van der Waals surface area (Å²) >= 11 is 10.7. The zero-order valence-corrected chi connectivity index (χ0v) is 7.06. The van der Waals surface area contributed by atoms with Gasteiger partial charge in [0.2, 0.25) is 5.82 Å². The van der Waals surface area contributed by atoms with Crippen molar-refractivity contribution in [2.24, 2.45) is 0 Å². The highest BCUT2D eigenvalue weighted by molar-refractivity contribution is 6.35. The van der Waals surface area contributed by atoms with Crippen molar-refractivity contribution in [2.75, 3.05) is 0 Å². The number of nitrogens with zero attached hydrogens (tertiary/aromatic N) is 1. The van der Waals surface area contributed by atoms with Gasteiger partial charge in [-0.2, -0.15) is 4.39 Å². The third-order valence-corrected chi connectivity index (χ3v) is 1.67. The van der Waals surface area contributed by atoms with Crippen LogP contribution in [-0.4, -0.2) is 4.92 Å². The van der Waals surface area contributed by atoms with Gasteiger partial charge >= 0.3 is 5.69 Å². The van der Waals surface area contributed by atoms with Crippen LogP contribution in [0.15, 0.2) is 12.1 Å². The van der Waals surface area contributed by atoms with Crippen molar-refractivity contribution in [1.29, 1.82) is 0 Å². The first kappa shape index (κ1) is 9.22. The molecule has 0 saturated carbocycles. The fourth-order valence-electron chi connectivity index (χ4n) is 0.709. The average Bonchev–Trinajstić information content (AvgIpc) is 1.82. The normalized spacial score (nSPS) is 9.92. The molecular weight excluding hydrogens is 208 g/mol. The second kappa shape index (κ2) is 3.25. The lowest BCUT2D eigenvalue weighted by Gasteiger charge is -1.96. The Labute approximate surface area is 76.9 Å². The minimum atomic E-state index is -1.03. The highest BCUT2D eigenvalue weighted by Crippen LogP contribution is 2.30. The van der Waals surface area contributed by atoms with Crippen molar-refractivity contribution < 1.29 is 9.31 Å². The van der Waals surface area contributed by atoms with Gasteiger partial charge in [-0.15, -0.1) is 0 Å². The molecule has 0 heterocycles. The first-order valence-electron chi connectivity index (χ1n) is 2.81. The van der Waals surface area contributed by atoms with Crippen LogP contribution in [0.4, 0.5) is 10.1 Å². The Kier molecular flexibility index (Phi) is 2.49. The van der Waals surface area contributed by atoms with Crippen LogP contribution in [0.2, 0.25) is 10.0 Å². The number of hydrogen-bond acceptors (Lipinski definition) is 2. The molecule has 0 unspecified atom stereocenters. The number of nitro groups is 1. The van der Waals surface area contributed by atoms with E-state index in [1.54, 1.807) is 0 Å².